The molecule has 1 aromatic rings. The standard InChI is InChI=1S/C11H15N3O4/c15-6-3-9(10(16)17)14-11(18)13-7-8-1-4-12-5-2-8/h1-2,4-5,9,15H,3,6-7H2,(H,16,17)(H2,13,14,18)/t9-/m0/s1. The molecule has 0 aliphatic heterocycles. The first kappa shape index (κ1) is 13.9. The fourth-order valence-electron chi connectivity index (χ4n) is 1.28. The van der Waals surface area contributed by atoms with Gasteiger partial charge in [0.05, 0.1) is 0 Å². The van der Waals surface area contributed by atoms with Gasteiger partial charge in [0.25, 0.3) is 0 Å². The Morgan fingerprint density at radius 2 is 2.00 bits per heavy atom. The molecule has 7 nitrogen and oxygen atoms in total. The fraction of sp³-hybridized carbons (Fsp3) is 0.364. The lowest BCUT2D eigenvalue weighted by Crippen LogP contribution is -2.46. The first-order chi connectivity index (χ1) is 8.63. The number of carbonyl (C=O) groups is 2. The molecule has 0 aromatic carbocycles. The van der Waals surface area contributed by atoms with Crippen molar-refractivity contribution in [2.45, 2.75) is 19.0 Å². The van der Waals surface area contributed by atoms with Crippen LogP contribution in [-0.4, -0.2) is 39.8 Å². The number of aliphatic carboxylic acids is 1. The number of pyridine rings is 1. The van der Waals surface area contributed by atoms with Crippen LogP contribution in [0.4, 0.5) is 4.79 Å². The first-order valence-electron chi connectivity index (χ1n) is 5.40. The average molecular weight is 253 g/mol. The molecule has 0 aliphatic rings. The molecule has 1 atom stereocenters. The minimum atomic E-state index is -1.18. The summed E-state index contributed by atoms with van der Waals surface area (Å²) in [4.78, 5) is 26.0. The van der Waals surface area contributed by atoms with Crippen LogP contribution >= 0.6 is 0 Å². The van der Waals surface area contributed by atoms with Crippen molar-refractivity contribution < 1.29 is 19.8 Å². The van der Waals surface area contributed by atoms with Crippen molar-refractivity contribution in [2.24, 2.45) is 0 Å². The monoisotopic (exact) mass is 253 g/mol. The summed E-state index contributed by atoms with van der Waals surface area (Å²) in [5, 5.41) is 22.2. The van der Waals surface area contributed by atoms with Crippen molar-refractivity contribution in [1.82, 2.24) is 15.6 Å². The summed E-state index contributed by atoms with van der Waals surface area (Å²) in [6.45, 7) is -0.0264. The highest BCUT2D eigenvalue weighted by atomic mass is 16.4. The number of rotatable bonds is 6. The zero-order valence-electron chi connectivity index (χ0n) is 9.67. The van der Waals surface area contributed by atoms with E-state index in [-0.39, 0.29) is 19.6 Å². The molecule has 98 valence electrons. The van der Waals surface area contributed by atoms with Crippen LogP contribution in [0.15, 0.2) is 24.5 Å². The second-order valence-electron chi connectivity index (χ2n) is 3.59. The molecule has 18 heavy (non-hydrogen) atoms. The Morgan fingerprint density at radius 3 is 2.56 bits per heavy atom. The maximum atomic E-state index is 11.4. The minimum absolute atomic E-state index is 0.0298. The van der Waals surface area contributed by atoms with E-state index in [1.807, 2.05) is 0 Å². The Kier molecular flexibility index (Phi) is 5.59. The van der Waals surface area contributed by atoms with Gasteiger partial charge in [-0.25, -0.2) is 9.59 Å². The lowest BCUT2D eigenvalue weighted by Gasteiger charge is -2.13. The molecule has 1 rings (SSSR count). The van der Waals surface area contributed by atoms with E-state index in [4.69, 9.17) is 10.2 Å². The van der Waals surface area contributed by atoms with E-state index in [9.17, 15) is 9.59 Å². The smallest absolute Gasteiger partial charge is 0.326 e. The van der Waals surface area contributed by atoms with Crippen molar-refractivity contribution in [1.29, 1.82) is 0 Å². The molecule has 0 saturated carbocycles. The number of nitrogens with one attached hydrogen (secondary N) is 2. The molecule has 0 aliphatic carbocycles. The second kappa shape index (κ2) is 7.23. The van der Waals surface area contributed by atoms with E-state index in [1.165, 1.54) is 0 Å². The number of aromatic nitrogens is 1. The number of carboxylic acid groups (broad SMARTS) is 1. The van der Waals surface area contributed by atoms with Gasteiger partial charge < -0.3 is 20.8 Å². The van der Waals surface area contributed by atoms with Crippen molar-refractivity contribution in [3.63, 3.8) is 0 Å². The number of amides is 2. The van der Waals surface area contributed by atoms with Gasteiger partial charge in [-0.3, -0.25) is 4.98 Å². The van der Waals surface area contributed by atoms with Gasteiger partial charge in [-0.15, -0.1) is 0 Å². The number of nitrogens with zero attached hydrogens (tertiary/aromatic N) is 1. The predicted molar refractivity (Wildman–Crippen MR) is 62.7 cm³/mol. The van der Waals surface area contributed by atoms with Crippen LogP contribution in [0.1, 0.15) is 12.0 Å². The van der Waals surface area contributed by atoms with Crippen molar-refractivity contribution in [3.8, 4) is 0 Å². The van der Waals surface area contributed by atoms with E-state index >= 15 is 0 Å². The van der Waals surface area contributed by atoms with Crippen LogP contribution in [0.5, 0.6) is 0 Å². The van der Waals surface area contributed by atoms with Crippen LogP contribution < -0.4 is 10.6 Å². The highest BCUT2D eigenvalue weighted by molar-refractivity contribution is 5.82. The van der Waals surface area contributed by atoms with Crippen LogP contribution in [0.2, 0.25) is 0 Å². The van der Waals surface area contributed by atoms with Gasteiger partial charge in [0.15, 0.2) is 0 Å². The van der Waals surface area contributed by atoms with Crippen molar-refractivity contribution in [3.05, 3.63) is 30.1 Å². The van der Waals surface area contributed by atoms with Gasteiger partial charge in [0.2, 0.25) is 0 Å². The summed E-state index contributed by atoms with van der Waals surface area (Å²) in [6.07, 6.45) is 3.17. The number of carbonyl (C=O) groups excluding carboxylic acids is 1. The predicted octanol–water partition coefficient (Wildman–Crippen LogP) is -0.284. The summed E-state index contributed by atoms with van der Waals surface area (Å²) in [6, 6.07) is 1.80. The van der Waals surface area contributed by atoms with Crippen molar-refractivity contribution in [2.75, 3.05) is 6.61 Å². The van der Waals surface area contributed by atoms with E-state index in [2.05, 4.69) is 15.6 Å². The van der Waals surface area contributed by atoms with E-state index in [0.29, 0.717) is 0 Å². The molecular formula is C11H15N3O4. The number of carboxylic acids is 1. The maximum Gasteiger partial charge on any atom is 0.326 e. The van der Waals surface area contributed by atoms with E-state index in [1.54, 1.807) is 24.5 Å². The van der Waals surface area contributed by atoms with Gasteiger partial charge in [0.1, 0.15) is 6.04 Å². The summed E-state index contributed by atoms with van der Waals surface area (Å²) in [5.74, 6) is -1.18. The third-order valence-corrected chi connectivity index (χ3v) is 2.22. The van der Waals surface area contributed by atoms with E-state index in [0.717, 1.165) is 5.56 Å². The van der Waals surface area contributed by atoms with Gasteiger partial charge in [0, 0.05) is 32.0 Å². The molecule has 1 aromatic heterocycles. The fourth-order valence-corrected chi connectivity index (χ4v) is 1.28. The third-order valence-electron chi connectivity index (χ3n) is 2.22. The highest BCUT2D eigenvalue weighted by Crippen LogP contribution is 1.95. The quantitative estimate of drug-likeness (QED) is 0.557. The van der Waals surface area contributed by atoms with Gasteiger partial charge in [-0.2, -0.15) is 0 Å². The average Bonchev–Trinajstić information content (AvgIpc) is 2.37. The Labute approximate surface area is 104 Å². The normalized spacial score (nSPS) is 11.6. The molecule has 0 unspecified atom stereocenters. The molecule has 4 N–H and O–H groups in total. The van der Waals surface area contributed by atoms with Crippen molar-refractivity contribution >= 4 is 12.0 Å². The van der Waals surface area contributed by atoms with Gasteiger partial charge in [-0.05, 0) is 17.7 Å². The lowest BCUT2D eigenvalue weighted by atomic mass is 10.2. The Bertz CT molecular complexity index is 397. The number of urea groups is 1. The number of hydrogen-bond donors (Lipinski definition) is 4. The molecule has 0 spiro atoms. The van der Waals surface area contributed by atoms with Gasteiger partial charge >= 0.3 is 12.0 Å². The van der Waals surface area contributed by atoms with Gasteiger partial charge in [-0.1, -0.05) is 0 Å². The molecule has 7 heteroatoms. The van der Waals surface area contributed by atoms with Crippen LogP contribution in [0, 0.1) is 0 Å². The molecule has 1 heterocycles. The topological polar surface area (TPSA) is 112 Å². The largest absolute Gasteiger partial charge is 0.480 e. The Hall–Kier alpha value is -2.15. The number of aliphatic hydroxyl groups is 1. The van der Waals surface area contributed by atoms with Crippen LogP contribution in [-0.2, 0) is 11.3 Å². The molecular weight excluding hydrogens is 238 g/mol. The third kappa shape index (κ3) is 4.79. The summed E-state index contributed by atoms with van der Waals surface area (Å²) in [7, 11) is 0. The lowest BCUT2D eigenvalue weighted by molar-refractivity contribution is -0.139. The maximum absolute atomic E-state index is 11.4. The second-order valence-corrected chi connectivity index (χ2v) is 3.59. The Morgan fingerprint density at radius 1 is 1.33 bits per heavy atom. The highest BCUT2D eigenvalue weighted by Gasteiger charge is 2.18. The number of aliphatic hydroxyl groups excluding tert-OH is 1. The zero-order valence-corrected chi connectivity index (χ0v) is 9.67. The summed E-state index contributed by atoms with van der Waals surface area (Å²) >= 11 is 0. The number of hydrogen-bond acceptors (Lipinski definition) is 4. The van der Waals surface area contributed by atoms with Crippen LogP contribution in [0.25, 0.3) is 0 Å². The molecule has 2 amide bonds. The molecule has 0 fully saturated rings. The first-order valence-corrected chi connectivity index (χ1v) is 5.40. The summed E-state index contributed by atoms with van der Waals surface area (Å²) in [5.41, 5.74) is 0.856. The zero-order chi connectivity index (χ0) is 13.4. The SMILES string of the molecule is O=C(NCc1ccncc1)N[C@@H](CCO)C(=O)O. The Balaban J connectivity index is 2.39. The van der Waals surface area contributed by atoms with E-state index < -0.39 is 18.0 Å². The minimum Gasteiger partial charge on any atom is -0.480 e. The van der Waals surface area contributed by atoms with Crippen LogP contribution in [0.3, 0.4) is 0 Å². The molecule has 0 radical (unpaired) electrons. The summed E-state index contributed by atoms with van der Waals surface area (Å²) < 4.78 is 0. The molecule has 0 saturated heterocycles. The molecule has 0 bridgehead atoms.